The lowest BCUT2D eigenvalue weighted by molar-refractivity contribution is -0.137. The first-order valence-corrected chi connectivity index (χ1v) is 8.26. The van der Waals surface area contributed by atoms with Crippen LogP contribution in [0, 0.1) is 0 Å². The number of nitrogens with one attached hydrogen (secondary N) is 1. The van der Waals surface area contributed by atoms with Crippen molar-refractivity contribution in [3.05, 3.63) is 59.7 Å². The van der Waals surface area contributed by atoms with Crippen LogP contribution in [0.15, 0.2) is 53.4 Å². The molecular weight excluding hydrogens is 331 g/mol. The molecule has 23 heavy (non-hydrogen) atoms. The summed E-state index contributed by atoms with van der Waals surface area (Å²) < 4.78 is 61.7. The van der Waals surface area contributed by atoms with E-state index in [4.69, 9.17) is 0 Å². The molecule has 0 radical (unpaired) electrons. The lowest BCUT2D eigenvalue weighted by Gasteiger charge is -2.13. The molecule has 0 saturated carbocycles. The number of hydrogen-bond donors (Lipinski definition) is 1. The number of anilines is 1. The third-order valence-electron chi connectivity index (χ3n) is 3.00. The van der Waals surface area contributed by atoms with Gasteiger partial charge in [0.05, 0.1) is 16.0 Å². The van der Waals surface area contributed by atoms with Gasteiger partial charge in [-0.2, -0.15) is 13.2 Å². The molecule has 2 aromatic rings. The van der Waals surface area contributed by atoms with Crippen molar-refractivity contribution in [2.24, 2.45) is 0 Å². The number of hydrogen-bond acceptors (Lipinski definition) is 3. The summed E-state index contributed by atoms with van der Waals surface area (Å²) in [4.78, 5) is 12.0. The van der Waals surface area contributed by atoms with E-state index in [-0.39, 0.29) is 10.6 Å². The van der Waals surface area contributed by atoms with Crippen LogP contribution >= 0.6 is 0 Å². The van der Waals surface area contributed by atoms with E-state index in [1.165, 1.54) is 36.4 Å². The molecule has 0 saturated heterocycles. The highest BCUT2D eigenvalue weighted by Gasteiger charge is 2.34. The molecular formula is C15H12F3NO3S. The molecule has 0 heterocycles. The predicted octanol–water partition coefficient (Wildman–Crippen LogP) is 3.36. The van der Waals surface area contributed by atoms with E-state index in [0.29, 0.717) is 0 Å². The molecule has 1 amide bonds. The highest BCUT2D eigenvalue weighted by Crippen LogP contribution is 2.32. The van der Waals surface area contributed by atoms with Crippen LogP contribution in [0.4, 0.5) is 18.9 Å². The van der Waals surface area contributed by atoms with Crippen LogP contribution in [-0.2, 0) is 16.0 Å². The minimum atomic E-state index is -4.66. The van der Waals surface area contributed by atoms with Crippen molar-refractivity contribution < 1.29 is 26.4 Å². The Bertz CT molecular complexity index is 845. The molecule has 0 bridgehead atoms. The molecule has 8 heteroatoms. The van der Waals surface area contributed by atoms with E-state index in [1.54, 1.807) is 0 Å². The minimum absolute atomic E-state index is 0.0422. The zero-order valence-electron chi connectivity index (χ0n) is 11.9. The quantitative estimate of drug-likeness (QED) is 0.929. The Hall–Kier alpha value is -2.35. The molecule has 0 aliphatic carbocycles. The van der Waals surface area contributed by atoms with Gasteiger partial charge in [0.1, 0.15) is 0 Å². The van der Waals surface area contributed by atoms with Crippen molar-refractivity contribution in [3.63, 3.8) is 0 Å². The zero-order valence-corrected chi connectivity index (χ0v) is 12.7. The smallest absolute Gasteiger partial charge is 0.322 e. The fourth-order valence-electron chi connectivity index (χ4n) is 1.93. The molecule has 1 N–H and O–H groups in total. The van der Waals surface area contributed by atoms with E-state index in [9.17, 15) is 26.4 Å². The second-order valence-corrected chi connectivity index (χ2v) is 6.81. The van der Waals surface area contributed by atoms with E-state index < -0.39 is 33.0 Å². The van der Waals surface area contributed by atoms with Gasteiger partial charge in [0.2, 0.25) is 0 Å². The standard InChI is InChI=1S/C15H12F3NO3S/c1-23(21,22)11-6-4-5-10(9-11)19-14(20)12-7-2-3-8-13(12)15(16,17)18/h2-9H,1H3,(H,19,20). The Morgan fingerprint density at radius 3 is 2.30 bits per heavy atom. The van der Waals surface area contributed by atoms with Crippen LogP contribution in [0.2, 0.25) is 0 Å². The van der Waals surface area contributed by atoms with Gasteiger partial charge in [0.15, 0.2) is 9.84 Å². The molecule has 2 aromatic carbocycles. The normalized spacial score (nSPS) is 12.0. The molecule has 0 unspecified atom stereocenters. The second kappa shape index (κ2) is 6.04. The zero-order chi connectivity index (χ0) is 17.3. The van der Waals surface area contributed by atoms with Gasteiger partial charge >= 0.3 is 6.18 Å². The third-order valence-corrected chi connectivity index (χ3v) is 4.11. The molecule has 0 aromatic heterocycles. The van der Waals surface area contributed by atoms with E-state index >= 15 is 0 Å². The first kappa shape index (κ1) is 17.0. The summed E-state index contributed by atoms with van der Waals surface area (Å²) in [7, 11) is -3.49. The number of rotatable bonds is 3. The summed E-state index contributed by atoms with van der Waals surface area (Å²) in [6.07, 6.45) is -3.67. The highest BCUT2D eigenvalue weighted by atomic mass is 32.2. The Balaban J connectivity index is 2.35. The SMILES string of the molecule is CS(=O)(=O)c1cccc(NC(=O)c2ccccc2C(F)(F)F)c1. The second-order valence-electron chi connectivity index (χ2n) is 4.80. The maximum Gasteiger partial charge on any atom is 0.417 e. The summed E-state index contributed by atoms with van der Waals surface area (Å²) in [6, 6.07) is 9.66. The van der Waals surface area contributed by atoms with Crippen molar-refractivity contribution >= 4 is 21.4 Å². The fraction of sp³-hybridized carbons (Fsp3) is 0.133. The highest BCUT2D eigenvalue weighted by molar-refractivity contribution is 7.90. The Labute approximate surface area is 130 Å². The summed E-state index contributed by atoms with van der Waals surface area (Å²) in [5.41, 5.74) is -1.50. The molecule has 0 aliphatic heterocycles. The molecule has 2 rings (SSSR count). The number of benzene rings is 2. The molecule has 0 atom stereocenters. The number of carbonyl (C=O) groups is 1. The molecule has 0 aliphatic rings. The van der Waals surface area contributed by atoms with Gasteiger partial charge in [-0.25, -0.2) is 8.42 Å². The Morgan fingerprint density at radius 1 is 1.04 bits per heavy atom. The minimum Gasteiger partial charge on any atom is -0.322 e. The van der Waals surface area contributed by atoms with Crippen LogP contribution in [0.1, 0.15) is 15.9 Å². The van der Waals surface area contributed by atoms with E-state index in [1.807, 2.05) is 0 Å². The lowest BCUT2D eigenvalue weighted by atomic mass is 10.1. The number of amides is 1. The number of halogens is 3. The number of alkyl halides is 3. The molecule has 0 spiro atoms. The van der Waals surface area contributed by atoms with Crippen molar-refractivity contribution in [2.45, 2.75) is 11.1 Å². The van der Waals surface area contributed by atoms with Crippen molar-refractivity contribution in [1.82, 2.24) is 0 Å². The van der Waals surface area contributed by atoms with Gasteiger partial charge < -0.3 is 5.32 Å². The number of sulfone groups is 1. The largest absolute Gasteiger partial charge is 0.417 e. The third kappa shape index (κ3) is 4.10. The fourth-order valence-corrected chi connectivity index (χ4v) is 2.60. The lowest BCUT2D eigenvalue weighted by Crippen LogP contribution is -2.18. The summed E-state index contributed by atoms with van der Waals surface area (Å²) in [5, 5.41) is 2.28. The maximum absolute atomic E-state index is 12.9. The molecule has 4 nitrogen and oxygen atoms in total. The topological polar surface area (TPSA) is 63.2 Å². The van der Waals surface area contributed by atoms with E-state index in [2.05, 4.69) is 5.32 Å². The Morgan fingerprint density at radius 2 is 1.70 bits per heavy atom. The van der Waals surface area contributed by atoms with Gasteiger partial charge in [0, 0.05) is 11.9 Å². The van der Waals surface area contributed by atoms with Crippen LogP contribution in [0.25, 0.3) is 0 Å². The van der Waals surface area contributed by atoms with Crippen LogP contribution < -0.4 is 5.32 Å². The predicted molar refractivity (Wildman–Crippen MR) is 78.9 cm³/mol. The van der Waals surface area contributed by atoms with Crippen LogP contribution in [0.5, 0.6) is 0 Å². The van der Waals surface area contributed by atoms with Gasteiger partial charge in [-0.3, -0.25) is 4.79 Å². The van der Waals surface area contributed by atoms with Gasteiger partial charge in [-0.15, -0.1) is 0 Å². The first-order chi connectivity index (χ1) is 10.6. The Kier molecular flexibility index (Phi) is 4.46. The van der Waals surface area contributed by atoms with Crippen molar-refractivity contribution in [3.8, 4) is 0 Å². The number of carbonyl (C=O) groups excluding carboxylic acids is 1. The average molecular weight is 343 g/mol. The van der Waals surface area contributed by atoms with Crippen molar-refractivity contribution in [1.29, 1.82) is 0 Å². The monoisotopic (exact) mass is 343 g/mol. The van der Waals surface area contributed by atoms with Gasteiger partial charge in [0.25, 0.3) is 5.91 Å². The van der Waals surface area contributed by atoms with Crippen LogP contribution in [-0.4, -0.2) is 20.6 Å². The van der Waals surface area contributed by atoms with Crippen molar-refractivity contribution in [2.75, 3.05) is 11.6 Å². The molecule has 122 valence electrons. The van der Waals surface area contributed by atoms with E-state index in [0.717, 1.165) is 18.4 Å². The summed E-state index contributed by atoms with van der Waals surface area (Å²) in [6.45, 7) is 0. The van der Waals surface area contributed by atoms with Crippen LogP contribution in [0.3, 0.4) is 0 Å². The average Bonchev–Trinajstić information content (AvgIpc) is 2.46. The first-order valence-electron chi connectivity index (χ1n) is 6.37. The summed E-state index contributed by atoms with van der Waals surface area (Å²) in [5.74, 6) is -0.969. The maximum atomic E-state index is 12.9. The summed E-state index contributed by atoms with van der Waals surface area (Å²) >= 11 is 0. The van der Waals surface area contributed by atoms with Gasteiger partial charge in [-0.1, -0.05) is 18.2 Å². The van der Waals surface area contributed by atoms with Gasteiger partial charge in [-0.05, 0) is 30.3 Å². The molecule has 0 fully saturated rings.